The van der Waals surface area contributed by atoms with Crippen molar-refractivity contribution in [1.29, 1.82) is 0 Å². The molecule has 1 nitrogen and oxygen atoms in total. The highest BCUT2D eigenvalue weighted by atomic mass is 79.9. The average Bonchev–Trinajstić information content (AvgIpc) is 2.08. The molecule has 1 aromatic carbocycles. The van der Waals surface area contributed by atoms with Crippen LogP contribution >= 0.6 is 15.9 Å². The molecule has 0 radical (unpaired) electrons. The number of carbonyl (C=O) groups excluding carboxylic acids is 1. The van der Waals surface area contributed by atoms with Crippen molar-refractivity contribution in [2.24, 2.45) is 0 Å². The molecule has 0 saturated carbocycles. The quantitative estimate of drug-likeness (QED) is 0.789. The minimum Gasteiger partial charge on any atom is -0.300 e. The fourth-order valence-corrected chi connectivity index (χ4v) is 1.38. The van der Waals surface area contributed by atoms with E-state index >= 15 is 0 Å². The van der Waals surface area contributed by atoms with Gasteiger partial charge in [-0.25, -0.2) is 0 Å². The molecule has 13 heavy (non-hydrogen) atoms. The fraction of sp³-hybridized carbons (Fsp3) is 0.182. The molecule has 0 aromatic heterocycles. The van der Waals surface area contributed by atoms with Crippen molar-refractivity contribution in [2.45, 2.75) is 13.3 Å². The van der Waals surface area contributed by atoms with Crippen molar-refractivity contribution in [3.63, 3.8) is 0 Å². The van der Waals surface area contributed by atoms with Gasteiger partial charge in [-0.1, -0.05) is 46.3 Å². The van der Waals surface area contributed by atoms with Crippen LogP contribution in [0, 0.1) is 0 Å². The summed E-state index contributed by atoms with van der Waals surface area (Å²) in [5.41, 5.74) is 1.10. The lowest BCUT2D eigenvalue weighted by Crippen LogP contribution is -1.84. The van der Waals surface area contributed by atoms with Crippen LogP contribution in [0.3, 0.4) is 0 Å². The normalized spacial score (nSPS) is 10.6. The van der Waals surface area contributed by atoms with Gasteiger partial charge in [0.1, 0.15) is 5.78 Å². The van der Waals surface area contributed by atoms with Gasteiger partial charge < -0.3 is 0 Å². The SMILES string of the molecule is CC(=O)C/C=C/c1ccccc1Br. The third-order valence-electron chi connectivity index (χ3n) is 1.61. The zero-order valence-corrected chi connectivity index (χ0v) is 9.04. The molecule has 0 aliphatic carbocycles. The van der Waals surface area contributed by atoms with Gasteiger partial charge in [-0.2, -0.15) is 0 Å². The molecule has 0 spiro atoms. The molecule has 0 fully saturated rings. The number of ketones is 1. The van der Waals surface area contributed by atoms with Gasteiger partial charge in [0.2, 0.25) is 0 Å². The van der Waals surface area contributed by atoms with Crippen molar-refractivity contribution in [3.8, 4) is 0 Å². The third-order valence-corrected chi connectivity index (χ3v) is 2.33. The molecular weight excluding hydrogens is 228 g/mol. The van der Waals surface area contributed by atoms with Crippen LogP contribution in [-0.2, 0) is 4.79 Å². The van der Waals surface area contributed by atoms with E-state index in [4.69, 9.17) is 0 Å². The van der Waals surface area contributed by atoms with Gasteiger partial charge in [0, 0.05) is 10.9 Å². The smallest absolute Gasteiger partial charge is 0.133 e. The Labute approximate surface area is 86.6 Å². The van der Waals surface area contributed by atoms with Gasteiger partial charge >= 0.3 is 0 Å². The Morgan fingerprint density at radius 1 is 1.46 bits per heavy atom. The number of benzene rings is 1. The summed E-state index contributed by atoms with van der Waals surface area (Å²) in [5, 5.41) is 0. The molecule has 0 saturated heterocycles. The molecule has 1 aromatic rings. The zero-order chi connectivity index (χ0) is 9.68. The van der Waals surface area contributed by atoms with Crippen molar-refractivity contribution in [3.05, 3.63) is 40.4 Å². The summed E-state index contributed by atoms with van der Waals surface area (Å²) in [6, 6.07) is 7.92. The predicted molar refractivity (Wildman–Crippen MR) is 58.5 cm³/mol. The highest BCUT2D eigenvalue weighted by Crippen LogP contribution is 2.17. The molecule has 0 heterocycles. The third kappa shape index (κ3) is 3.55. The Kier molecular flexibility index (Phi) is 3.90. The minimum atomic E-state index is 0.184. The Morgan fingerprint density at radius 3 is 2.77 bits per heavy atom. The first-order chi connectivity index (χ1) is 6.20. The van der Waals surface area contributed by atoms with E-state index < -0.39 is 0 Å². The number of rotatable bonds is 3. The molecule has 0 aliphatic rings. The molecule has 0 amide bonds. The van der Waals surface area contributed by atoms with E-state index in [1.54, 1.807) is 6.92 Å². The lowest BCUT2D eigenvalue weighted by molar-refractivity contribution is -0.116. The van der Waals surface area contributed by atoms with Gasteiger partial charge in [0.25, 0.3) is 0 Å². The first-order valence-electron chi connectivity index (χ1n) is 4.10. The van der Waals surface area contributed by atoms with Crippen LogP contribution in [0.4, 0.5) is 0 Å². The van der Waals surface area contributed by atoms with Crippen LogP contribution in [0.15, 0.2) is 34.8 Å². The molecular formula is C11H11BrO. The van der Waals surface area contributed by atoms with Crippen molar-refractivity contribution >= 4 is 27.8 Å². The van der Waals surface area contributed by atoms with Gasteiger partial charge in [-0.3, -0.25) is 4.79 Å². The highest BCUT2D eigenvalue weighted by Gasteiger charge is 1.92. The van der Waals surface area contributed by atoms with Crippen LogP contribution in [0.1, 0.15) is 18.9 Å². The summed E-state index contributed by atoms with van der Waals surface area (Å²) >= 11 is 3.43. The Morgan fingerprint density at radius 2 is 2.15 bits per heavy atom. The largest absolute Gasteiger partial charge is 0.300 e. The van der Waals surface area contributed by atoms with Crippen LogP contribution in [-0.4, -0.2) is 5.78 Å². The standard InChI is InChI=1S/C11H11BrO/c1-9(13)5-4-7-10-6-2-3-8-11(10)12/h2-4,6-8H,5H2,1H3/b7-4+. The van der Waals surface area contributed by atoms with Crippen molar-refractivity contribution in [2.75, 3.05) is 0 Å². The summed E-state index contributed by atoms with van der Waals surface area (Å²) < 4.78 is 1.05. The summed E-state index contributed by atoms with van der Waals surface area (Å²) in [6.07, 6.45) is 4.33. The maximum Gasteiger partial charge on any atom is 0.133 e. The number of hydrogen-bond donors (Lipinski definition) is 0. The topological polar surface area (TPSA) is 17.1 Å². The number of hydrogen-bond acceptors (Lipinski definition) is 1. The van der Waals surface area contributed by atoms with E-state index in [9.17, 15) is 4.79 Å². The molecule has 1 rings (SSSR count). The Hall–Kier alpha value is -0.890. The number of halogens is 1. The number of carbonyl (C=O) groups is 1. The minimum absolute atomic E-state index is 0.184. The van der Waals surface area contributed by atoms with E-state index in [1.165, 1.54) is 0 Å². The molecule has 0 aliphatic heterocycles. The molecule has 0 unspecified atom stereocenters. The van der Waals surface area contributed by atoms with Gasteiger partial charge in [0.15, 0.2) is 0 Å². The second-order valence-electron chi connectivity index (χ2n) is 2.83. The second-order valence-corrected chi connectivity index (χ2v) is 3.68. The van der Waals surface area contributed by atoms with Gasteiger partial charge in [-0.15, -0.1) is 0 Å². The zero-order valence-electron chi connectivity index (χ0n) is 7.46. The van der Waals surface area contributed by atoms with Crippen molar-refractivity contribution in [1.82, 2.24) is 0 Å². The van der Waals surface area contributed by atoms with E-state index in [0.717, 1.165) is 10.0 Å². The van der Waals surface area contributed by atoms with E-state index in [-0.39, 0.29) is 5.78 Å². The van der Waals surface area contributed by atoms with E-state index in [2.05, 4.69) is 15.9 Å². The van der Waals surface area contributed by atoms with Gasteiger partial charge in [-0.05, 0) is 18.6 Å². The van der Waals surface area contributed by atoms with Crippen LogP contribution in [0.25, 0.3) is 6.08 Å². The van der Waals surface area contributed by atoms with Crippen LogP contribution in [0.5, 0.6) is 0 Å². The Bertz CT molecular complexity index is 329. The van der Waals surface area contributed by atoms with Gasteiger partial charge in [0.05, 0.1) is 0 Å². The van der Waals surface area contributed by atoms with E-state index in [0.29, 0.717) is 6.42 Å². The summed E-state index contributed by atoms with van der Waals surface area (Å²) in [7, 11) is 0. The maximum atomic E-state index is 10.7. The molecule has 0 bridgehead atoms. The summed E-state index contributed by atoms with van der Waals surface area (Å²) in [6.45, 7) is 1.59. The molecule has 68 valence electrons. The fourth-order valence-electron chi connectivity index (χ4n) is 0.962. The van der Waals surface area contributed by atoms with Crippen LogP contribution < -0.4 is 0 Å². The first-order valence-corrected chi connectivity index (χ1v) is 4.90. The van der Waals surface area contributed by atoms with Crippen molar-refractivity contribution < 1.29 is 4.79 Å². The predicted octanol–water partition coefficient (Wildman–Crippen LogP) is 3.44. The lowest BCUT2D eigenvalue weighted by atomic mass is 10.2. The molecule has 0 N–H and O–H groups in total. The number of allylic oxidation sites excluding steroid dienone is 1. The Balaban J connectivity index is 2.68. The van der Waals surface area contributed by atoms with E-state index in [1.807, 2.05) is 36.4 Å². The first kappa shape index (κ1) is 10.2. The second kappa shape index (κ2) is 4.97. The number of Topliss-reactive ketones (excluding diaryl/α,β-unsaturated/α-hetero) is 1. The molecule has 2 heteroatoms. The average molecular weight is 239 g/mol. The summed E-state index contributed by atoms with van der Waals surface area (Å²) in [4.78, 5) is 10.7. The summed E-state index contributed by atoms with van der Waals surface area (Å²) in [5.74, 6) is 0.184. The maximum absolute atomic E-state index is 10.7. The lowest BCUT2D eigenvalue weighted by Gasteiger charge is -1.95. The molecule has 0 atom stereocenters. The highest BCUT2D eigenvalue weighted by molar-refractivity contribution is 9.10. The van der Waals surface area contributed by atoms with Crippen LogP contribution in [0.2, 0.25) is 0 Å². The monoisotopic (exact) mass is 238 g/mol.